The molecule has 7 heteroatoms. The van der Waals surface area contributed by atoms with Crippen LogP contribution in [-0.2, 0) is 19.8 Å². The van der Waals surface area contributed by atoms with Gasteiger partial charge in [-0.2, -0.15) is 0 Å². The molecule has 1 aromatic heterocycles. The summed E-state index contributed by atoms with van der Waals surface area (Å²) in [5.74, 6) is 0. The maximum absolute atomic E-state index is 5.39. The number of nitrogens with zero attached hydrogens (tertiary/aromatic N) is 3. The van der Waals surface area contributed by atoms with Gasteiger partial charge in [0.25, 0.3) is 0 Å². The maximum Gasteiger partial charge on any atom is 0.500 e. The lowest BCUT2D eigenvalue weighted by Crippen LogP contribution is -2.42. The minimum Gasteiger partial charge on any atom is -0.377 e. The van der Waals surface area contributed by atoms with Crippen LogP contribution < -0.4 is 0 Å². The lowest BCUT2D eigenvalue weighted by atomic mass is 10.3. The van der Waals surface area contributed by atoms with Gasteiger partial charge >= 0.3 is 8.80 Å². The van der Waals surface area contributed by atoms with E-state index in [4.69, 9.17) is 13.3 Å². The smallest absolute Gasteiger partial charge is 0.377 e. The second-order valence-corrected chi connectivity index (χ2v) is 7.29. The third-order valence-corrected chi connectivity index (χ3v) is 6.04. The monoisotopic (exact) mass is 281 g/mol. The number of fused-ring (bicyclic) bond motifs is 1. The van der Waals surface area contributed by atoms with Crippen molar-refractivity contribution in [3.63, 3.8) is 0 Å². The number of aryl methyl sites for hydroxylation is 1. The minimum atomic E-state index is -2.48. The minimum absolute atomic E-state index is 0.755. The van der Waals surface area contributed by atoms with Crippen molar-refractivity contribution in [1.29, 1.82) is 0 Å². The summed E-state index contributed by atoms with van der Waals surface area (Å²) in [5, 5.41) is 8.28. The highest BCUT2D eigenvalue weighted by Crippen LogP contribution is 2.17. The average molecular weight is 281 g/mol. The van der Waals surface area contributed by atoms with Crippen molar-refractivity contribution >= 4 is 19.8 Å². The molecule has 0 atom stereocenters. The lowest BCUT2D eigenvalue weighted by molar-refractivity contribution is 0.122. The van der Waals surface area contributed by atoms with Crippen LogP contribution in [0.4, 0.5) is 0 Å². The number of hydrogen-bond donors (Lipinski definition) is 0. The Morgan fingerprint density at radius 3 is 2.47 bits per heavy atom. The lowest BCUT2D eigenvalue weighted by Gasteiger charge is -2.24. The molecule has 0 aliphatic carbocycles. The maximum atomic E-state index is 5.39. The van der Waals surface area contributed by atoms with Crippen molar-refractivity contribution < 1.29 is 13.3 Å². The van der Waals surface area contributed by atoms with Gasteiger partial charge in [-0.1, -0.05) is 17.3 Å². The molecule has 0 radical (unpaired) electrons. The summed E-state index contributed by atoms with van der Waals surface area (Å²) in [6, 6.07) is 8.67. The van der Waals surface area contributed by atoms with E-state index in [9.17, 15) is 0 Å². The summed E-state index contributed by atoms with van der Waals surface area (Å²) in [6.45, 7) is 0.769. The molecule has 0 unspecified atom stereocenters. The van der Waals surface area contributed by atoms with Crippen molar-refractivity contribution in [3.05, 3.63) is 24.3 Å². The fourth-order valence-electron chi connectivity index (χ4n) is 2.08. The zero-order chi connectivity index (χ0) is 13.7. The van der Waals surface area contributed by atoms with Gasteiger partial charge < -0.3 is 13.3 Å². The molecule has 1 aromatic carbocycles. The number of para-hydroxylation sites is 1. The Labute approximate surface area is 113 Å². The molecule has 0 N–H and O–H groups in total. The molecule has 1 heterocycles. The predicted octanol–water partition coefficient (Wildman–Crippen LogP) is 1.70. The summed E-state index contributed by atoms with van der Waals surface area (Å²) >= 11 is 0. The van der Waals surface area contributed by atoms with Gasteiger partial charge in [-0.25, -0.2) is 4.68 Å². The SMILES string of the molecule is CO[Si](CCCn1nnc2ccccc21)(OC)OC. The summed E-state index contributed by atoms with van der Waals surface area (Å²) in [4.78, 5) is 0. The molecule has 2 aromatic rings. The van der Waals surface area contributed by atoms with Gasteiger partial charge in [0.15, 0.2) is 0 Å². The summed E-state index contributed by atoms with van der Waals surface area (Å²) < 4.78 is 18.1. The van der Waals surface area contributed by atoms with Gasteiger partial charge in [0, 0.05) is 33.9 Å². The second kappa shape index (κ2) is 6.24. The van der Waals surface area contributed by atoms with Crippen molar-refractivity contribution in [2.45, 2.75) is 19.0 Å². The van der Waals surface area contributed by atoms with Crippen molar-refractivity contribution in [3.8, 4) is 0 Å². The molecule has 0 fully saturated rings. The first-order valence-electron chi connectivity index (χ1n) is 6.18. The van der Waals surface area contributed by atoms with Crippen LogP contribution >= 0.6 is 0 Å². The molecule has 0 saturated carbocycles. The van der Waals surface area contributed by atoms with Crippen molar-refractivity contribution in [2.24, 2.45) is 0 Å². The van der Waals surface area contributed by atoms with Crippen LogP contribution in [0, 0.1) is 0 Å². The van der Waals surface area contributed by atoms with E-state index in [1.807, 2.05) is 28.9 Å². The van der Waals surface area contributed by atoms with Gasteiger partial charge in [-0.15, -0.1) is 5.10 Å². The molecule has 0 spiro atoms. The quantitative estimate of drug-likeness (QED) is 0.723. The largest absolute Gasteiger partial charge is 0.500 e. The Morgan fingerprint density at radius 1 is 1.11 bits per heavy atom. The number of hydrogen-bond acceptors (Lipinski definition) is 5. The second-order valence-electron chi connectivity index (χ2n) is 4.20. The van der Waals surface area contributed by atoms with Gasteiger partial charge in [0.1, 0.15) is 5.52 Å². The molecule has 0 saturated heterocycles. The molecule has 0 aliphatic heterocycles. The first-order chi connectivity index (χ1) is 9.24. The topological polar surface area (TPSA) is 58.4 Å². The highest BCUT2D eigenvalue weighted by molar-refractivity contribution is 6.60. The molecule has 0 aliphatic rings. The average Bonchev–Trinajstić information content (AvgIpc) is 2.88. The van der Waals surface area contributed by atoms with E-state index in [1.165, 1.54) is 0 Å². The van der Waals surface area contributed by atoms with Crippen LogP contribution in [0.2, 0.25) is 6.04 Å². The highest BCUT2D eigenvalue weighted by atomic mass is 28.4. The van der Waals surface area contributed by atoms with Crippen LogP contribution in [0.25, 0.3) is 11.0 Å². The van der Waals surface area contributed by atoms with E-state index in [0.717, 1.165) is 30.0 Å². The molecule has 19 heavy (non-hydrogen) atoms. The first kappa shape index (κ1) is 14.1. The van der Waals surface area contributed by atoms with E-state index in [1.54, 1.807) is 21.3 Å². The summed E-state index contributed by atoms with van der Waals surface area (Å²) in [6.07, 6.45) is 0.870. The van der Waals surface area contributed by atoms with E-state index in [-0.39, 0.29) is 0 Å². The Morgan fingerprint density at radius 2 is 1.79 bits per heavy atom. The van der Waals surface area contributed by atoms with E-state index in [0.29, 0.717) is 0 Å². The summed E-state index contributed by atoms with van der Waals surface area (Å²) in [5.41, 5.74) is 1.96. The Hall–Kier alpha value is -1.28. The molecule has 2 rings (SSSR count). The van der Waals surface area contributed by atoms with E-state index < -0.39 is 8.80 Å². The van der Waals surface area contributed by atoms with Crippen LogP contribution in [-0.4, -0.2) is 45.1 Å². The van der Waals surface area contributed by atoms with Crippen LogP contribution in [0.15, 0.2) is 24.3 Å². The van der Waals surface area contributed by atoms with Gasteiger partial charge in [-0.3, -0.25) is 0 Å². The zero-order valence-corrected chi connectivity index (χ0v) is 12.5. The highest BCUT2D eigenvalue weighted by Gasteiger charge is 2.36. The van der Waals surface area contributed by atoms with E-state index >= 15 is 0 Å². The fraction of sp³-hybridized carbons (Fsp3) is 0.500. The molecule has 0 bridgehead atoms. The third kappa shape index (κ3) is 3.00. The molecule has 0 amide bonds. The normalized spacial score (nSPS) is 12.2. The number of rotatable bonds is 7. The van der Waals surface area contributed by atoms with Gasteiger partial charge in [0.2, 0.25) is 0 Å². The Kier molecular flexibility index (Phi) is 4.64. The number of benzene rings is 1. The van der Waals surface area contributed by atoms with Crippen molar-refractivity contribution in [2.75, 3.05) is 21.3 Å². The predicted molar refractivity (Wildman–Crippen MR) is 73.7 cm³/mol. The first-order valence-corrected chi connectivity index (χ1v) is 8.11. The van der Waals surface area contributed by atoms with Gasteiger partial charge in [-0.05, 0) is 18.6 Å². The van der Waals surface area contributed by atoms with E-state index in [2.05, 4.69) is 10.3 Å². The Balaban J connectivity index is 1.99. The van der Waals surface area contributed by atoms with Crippen LogP contribution in [0.3, 0.4) is 0 Å². The van der Waals surface area contributed by atoms with Crippen molar-refractivity contribution in [1.82, 2.24) is 15.0 Å². The zero-order valence-electron chi connectivity index (χ0n) is 11.5. The fourth-order valence-corrected chi connectivity index (χ4v) is 3.79. The Bertz CT molecular complexity index is 519. The third-order valence-electron chi connectivity index (χ3n) is 3.21. The molecular weight excluding hydrogens is 262 g/mol. The number of aromatic nitrogens is 3. The standard InChI is InChI=1S/C12H19N3O3Si/c1-16-19(17-2,18-3)10-6-9-15-12-8-5-4-7-11(12)13-14-15/h4-5,7-8H,6,9-10H2,1-3H3. The molecule has 104 valence electrons. The summed E-state index contributed by atoms with van der Waals surface area (Å²) in [7, 11) is 2.41. The van der Waals surface area contributed by atoms with Crippen LogP contribution in [0.5, 0.6) is 0 Å². The van der Waals surface area contributed by atoms with Gasteiger partial charge in [0.05, 0.1) is 5.52 Å². The molecule has 6 nitrogen and oxygen atoms in total. The van der Waals surface area contributed by atoms with Crippen LogP contribution in [0.1, 0.15) is 6.42 Å². The molecular formula is C12H19N3O3Si.